The SMILES string of the molecule is CCCNC(C)C1CCCCN1CC1CCC(C)O1. The van der Waals surface area contributed by atoms with Gasteiger partial charge in [-0.15, -0.1) is 0 Å². The van der Waals surface area contributed by atoms with Crippen LogP contribution in [0.5, 0.6) is 0 Å². The van der Waals surface area contributed by atoms with Gasteiger partial charge in [-0.2, -0.15) is 0 Å². The Morgan fingerprint density at radius 3 is 2.79 bits per heavy atom. The maximum atomic E-state index is 6.01. The minimum absolute atomic E-state index is 0.476. The fraction of sp³-hybridized carbons (Fsp3) is 1.00. The zero-order chi connectivity index (χ0) is 13.7. The number of likely N-dealkylation sites (tertiary alicyclic amines) is 1. The highest BCUT2D eigenvalue weighted by Gasteiger charge is 2.31. The van der Waals surface area contributed by atoms with Crippen molar-refractivity contribution in [1.82, 2.24) is 10.2 Å². The van der Waals surface area contributed by atoms with Crippen LogP contribution in [0.4, 0.5) is 0 Å². The zero-order valence-electron chi connectivity index (χ0n) is 13.0. The standard InChI is InChI=1S/C16H32N2O/c1-4-10-17-14(3)16-7-5-6-11-18(16)12-15-9-8-13(2)19-15/h13-17H,4-12H2,1-3H3. The Hall–Kier alpha value is -0.120. The summed E-state index contributed by atoms with van der Waals surface area (Å²) in [5.74, 6) is 0. The molecule has 3 nitrogen and oxygen atoms in total. The monoisotopic (exact) mass is 268 g/mol. The van der Waals surface area contributed by atoms with Crippen molar-refractivity contribution in [3.05, 3.63) is 0 Å². The highest BCUT2D eigenvalue weighted by Crippen LogP contribution is 2.25. The second kappa shape index (κ2) is 7.61. The number of piperidine rings is 1. The number of nitrogens with one attached hydrogen (secondary N) is 1. The third-order valence-electron chi connectivity index (χ3n) is 4.72. The van der Waals surface area contributed by atoms with E-state index in [1.54, 1.807) is 0 Å². The van der Waals surface area contributed by atoms with Gasteiger partial charge in [-0.25, -0.2) is 0 Å². The molecule has 0 spiro atoms. The van der Waals surface area contributed by atoms with Gasteiger partial charge in [0.1, 0.15) is 0 Å². The van der Waals surface area contributed by atoms with Crippen LogP contribution >= 0.6 is 0 Å². The van der Waals surface area contributed by atoms with Crippen LogP contribution < -0.4 is 5.32 Å². The van der Waals surface area contributed by atoms with Gasteiger partial charge in [0.2, 0.25) is 0 Å². The molecule has 3 heteroatoms. The molecule has 2 rings (SSSR count). The number of nitrogens with zero attached hydrogens (tertiary/aromatic N) is 1. The fourth-order valence-corrected chi connectivity index (χ4v) is 3.60. The third-order valence-corrected chi connectivity index (χ3v) is 4.72. The van der Waals surface area contributed by atoms with Crippen LogP contribution in [0.1, 0.15) is 59.3 Å². The molecule has 2 saturated heterocycles. The topological polar surface area (TPSA) is 24.5 Å². The summed E-state index contributed by atoms with van der Waals surface area (Å²) in [6.07, 6.45) is 8.77. The van der Waals surface area contributed by atoms with Gasteiger partial charge in [0.25, 0.3) is 0 Å². The number of ether oxygens (including phenoxy) is 1. The first-order valence-corrected chi connectivity index (χ1v) is 8.33. The number of rotatable bonds is 6. The van der Waals surface area contributed by atoms with E-state index >= 15 is 0 Å². The lowest BCUT2D eigenvalue weighted by molar-refractivity contribution is 0.00838. The number of hydrogen-bond acceptors (Lipinski definition) is 3. The summed E-state index contributed by atoms with van der Waals surface area (Å²) < 4.78 is 6.01. The van der Waals surface area contributed by atoms with Crippen molar-refractivity contribution in [2.75, 3.05) is 19.6 Å². The van der Waals surface area contributed by atoms with Crippen molar-refractivity contribution in [2.24, 2.45) is 0 Å². The Balaban J connectivity index is 1.84. The molecular weight excluding hydrogens is 236 g/mol. The second-order valence-corrected chi connectivity index (χ2v) is 6.45. The van der Waals surface area contributed by atoms with Crippen LogP contribution in [-0.2, 0) is 4.74 Å². The van der Waals surface area contributed by atoms with Crippen LogP contribution in [0.25, 0.3) is 0 Å². The predicted octanol–water partition coefficient (Wildman–Crippen LogP) is 2.80. The van der Waals surface area contributed by atoms with Crippen molar-refractivity contribution in [2.45, 2.75) is 83.6 Å². The van der Waals surface area contributed by atoms with Crippen LogP contribution in [0.3, 0.4) is 0 Å². The summed E-state index contributed by atoms with van der Waals surface area (Å²) in [6, 6.07) is 1.32. The molecule has 0 aromatic rings. The maximum absolute atomic E-state index is 6.01. The molecule has 2 aliphatic heterocycles. The van der Waals surface area contributed by atoms with Gasteiger partial charge >= 0.3 is 0 Å². The van der Waals surface area contributed by atoms with E-state index in [1.807, 2.05) is 0 Å². The minimum Gasteiger partial charge on any atom is -0.374 e. The van der Waals surface area contributed by atoms with Crippen molar-refractivity contribution < 1.29 is 4.74 Å². The maximum Gasteiger partial charge on any atom is 0.0706 e. The lowest BCUT2D eigenvalue weighted by Crippen LogP contribution is -2.53. The van der Waals surface area contributed by atoms with Crippen molar-refractivity contribution in [3.63, 3.8) is 0 Å². The second-order valence-electron chi connectivity index (χ2n) is 6.45. The summed E-state index contributed by atoms with van der Waals surface area (Å²) >= 11 is 0. The molecule has 0 aromatic carbocycles. The Morgan fingerprint density at radius 2 is 2.11 bits per heavy atom. The summed E-state index contributed by atoms with van der Waals surface area (Å²) in [4.78, 5) is 2.69. The quantitative estimate of drug-likeness (QED) is 0.801. The lowest BCUT2D eigenvalue weighted by Gasteiger charge is -2.40. The van der Waals surface area contributed by atoms with E-state index in [0.717, 1.165) is 13.1 Å². The van der Waals surface area contributed by atoms with E-state index in [1.165, 1.54) is 45.1 Å². The first-order valence-electron chi connectivity index (χ1n) is 8.33. The average molecular weight is 268 g/mol. The molecular formula is C16H32N2O. The fourth-order valence-electron chi connectivity index (χ4n) is 3.60. The van der Waals surface area contributed by atoms with Gasteiger partial charge in [-0.3, -0.25) is 4.90 Å². The summed E-state index contributed by atoms with van der Waals surface area (Å²) in [6.45, 7) is 10.4. The molecule has 0 bridgehead atoms. The average Bonchev–Trinajstić information content (AvgIpc) is 2.82. The van der Waals surface area contributed by atoms with Crippen LogP contribution in [0.15, 0.2) is 0 Å². The van der Waals surface area contributed by atoms with Crippen LogP contribution in [0, 0.1) is 0 Å². The Labute approximate surface area is 119 Å². The predicted molar refractivity (Wildman–Crippen MR) is 80.5 cm³/mol. The van der Waals surface area contributed by atoms with Gasteiger partial charge in [0, 0.05) is 18.6 Å². The Kier molecular flexibility index (Phi) is 6.11. The zero-order valence-corrected chi connectivity index (χ0v) is 13.0. The molecule has 0 aromatic heterocycles. The Bertz CT molecular complexity index is 259. The van der Waals surface area contributed by atoms with Crippen molar-refractivity contribution in [3.8, 4) is 0 Å². The lowest BCUT2D eigenvalue weighted by atomic mass is 9.95. The number of hydrogen-bond donors (Lipinski definition) is 1. The highest BCUT2D eigenvalue weighted by atomic mass is 16.5. The van der Waals surface area contributed by atoms with Gasteiger partial charge in [-0.05, 0) is 59.0 Å². The smallest absolute Gasteiger partial charge is 0.0706 e. The van der Waals surface area contributed by atoms with Crippen LogP contribution in [-0.4, -0.2) is 48.8 Å². The summed E-state index contributed by atoms with van der Waals surface area (Å²) in [7, 11) is 0. The molecule has 4 unspecified atom stereocenters. The van der Waals surface area contributed by atoms with Crippen molar-refractivity contribution in [1.29, 1.82) is 0 Å². The van der Waals surface area contributed by atoms with E-state index in [0.29, 0.717) is 24.3 Å². The molecule has 2 heterocycles. The molecule has 4 atom stereocenters. The molecule has 2 fully saturated rings. The highest BCUT2D eigenvalue weighted by molar-refractivity contribution is 4.87. The van der Waals surface area contributed by atoms with Crippen molar-refractivity contribution >= 4 is 0 Å². The largest absolute Gasteiger partial charge is 0.374 e. The van der Waals surface area contributed by atoms with E-state index in [9.17, 15) is 0 Å². The van der Waals surface area contributed by atoms with E-state index in [4.69, 9.17) is 4.74 Å². The molecule has 0 saturated carbocycles. The van der Waals surface area contributed by atoms with Gasteiger partial charge in [0.05, 0.1) is 12.2 Å². The Morgan fingerprint density at radius 1 is 1.26 bits per heavy atom. The molecule has 0 radical (unpaired) electrons. The van der Waals surface area contributed by atoms with Crippen LogP contribution in [0.2, 0.25) is 0 Å². The molecule has 1 N–H and O–H groups in total. The summed E-state index contributed by atoms with van der Waals surface area (Å²) in [5.41, 5.74) is 0. The molecule has 19 heavy (non-hydrogen) atoms. The van der Waals surface area contributed by atoms with E-state index in [-0.39, 0.29) is 0 Å². The van der Waals surface area contributed by atoms with E-state index < -0.39 is 0 Å². The molecule has 0 aliphatic carbocycles. The molecule has 2 aliphatic rings. The first kappa shape index (κ1) is 15.3. The minimum atomic E-state index is 0.476. The van der Waals surface area contributed by atoms with Gasteiger partial charge < -0.3 is 10.1 Å². The molecule has 112 valence electrons. The normalized spacial score (nSPS) is 34.6. The van der Waals surface area contributed by atoms with E-state index in [2.05, 4.69) is 31.0 Å². The van der Waals surface area contributed by atoms with Gasteiger partial charge in [-0.1, -0.05) is 13.3 Å². The third kappa shape index (κ3) is 4.44. The molecule has 0 amide bonds. The summed E-state index contributed by atoms with van der Waals surface area (Å²) in [5, 5.41) is 3.68. The van der Waals surface area contributed by atoms with Gasteiger partial charge in [0.15, 0.2) is 0 Å². The first-order chi connectivity index (χ1) is 9.20.